The maximum atomic E-state index is 11.9. The van der Waals surface area contributed by atoms with Gasteiger partial charge in [-0.3, -0.25) is 4.79 Å². The Labute approximate surface area is 109 Å². The number of rotatable bonds is 5. The molecule has 1 aliphatic carbocycles. The zero-order chi connectivity index (χ0) is 13.0. The van der Waals surface area contributed by atoms with Gasteiger partial charge in [0.05, 0.1) is 12.6 Å². The molecular weight excluding hydrogens is 224 g/mol. The highest BCUT2D eigenvalue weighted by Crippen LogP contribution is 2.30. The van der Waals surface area contributed by atoms with E-state index in [9.17, 15) is 4.79 Å². The molecule has 1 aromatic carbocycles. The number of benzene rings is 1. The highest BCUT2D eigenvalue weighted by atomic mass is 16.2. The van der Waals surface area contributed by atoms with E-state index in [1.807, 2.05) is 6.07 Å². The molecule has 1 aliphatic rings. The van der Waals surface area contributed by atoms with Gasteiger partial charge in [0.25, 0.3) is 0 Å². The van der Waals surface area contributed by atoms with Gasteiger partial charge in [0.15, 0.2) is 0 Å². The maximum Gasteiger partial charge on any atom is 0.234 e. The molecule has 2 atom stereocenters. The molecule has 0 aromatic heterocycles. The zero-order valence-corrected chi connectivity index (χ0v) is 11.2. The number of amides is 1. The number of hydrogen-bond donors (Lipinski definition) is 2. The lowest BCUT2D eigenvalue weighted by Gasteiger charge is -2.16. The highest BCUT2D eigenvalue weighted by molar-refractivity contribution is 5.78. The van der Waals surface area contributed by atoms with Gasteiger partial charge in [-0.1, -0.05) is 31.2 Å². The third kappa shape index (κ3) is 3.10. The fourth-order valence-corrected chi connectivity index (χ4v) is 2.36. The molecule has 0 saturated heterocycles. The first kappa shape index (κ1) is 13.1. The summed E-state index contributed by atoms with van der Waals surface area (Å²) in [6.45, 7) is 4.62. The molecule has 0 fully saturated rings. The Balaban J connectivity index is 1.86. The van der Waals surface area contributed by atoms with E-state index in [2.05, 4.69) is 42.7 Å². The molecule has 0 saturated carbocycles. The van der Waals surface area contributed by atoms with E-state index in [4.69, 9.17) is 0 Å². The number of carbonyl (C=O) groups is 1. The van der Waals surface area contributed by atoms with Crippen molar-refractivity contribution in [2.75, 3.05) is 6.54 Å². The SMILES string of the molecule is CCC(C)NCC(=O)NC1CCc2ccccc21. The summed E-state index contributed by atoms with van der Waals surface area (Å²) in [6, 6.07) is 8.97. The van der Waals surface area contributed by atoms with Crippen LogP contribution >= 0.6 is 0 Å². The van der Waals surface area contributed by atoms with Crippen LogP contribution in [0.15, 0.2) is 24.3 Å². The van der Waals surface area contributed by atoms with Crippen LogP contribution in [0.1, 0.15) is 43.9 Å². The first-order valence-electron chi connectivity index (χ1n) is 6.81. The summed E-state index contributed by atoms with van der Waals surface area (Å²) in [5.41, 5.74) is 2.66. The van der Waals surface area contributed by atoms with E-state index in [0.717, 1.165) is 19.3 Å². The summed E-state index contributed by atoms with van der Waals surface area (Å²) >= 11 is 0. The average Bonchev–Trinajstić information content (AvgIpc) is 2.79. The largest absolute Gasteiger partial charge is 0.348 e. The summed E-state index contributed by atoms with van der Waals surface area (Å²) in [6.07, 6.45) is 3.13. The Morgan fingerprint density at radius 1 is 1.44 bits per heavy atom. The predicted octanol–water partition coefficient (Wildman–Crippen LogP) is 2.18. The van der Waals surface area contributed by atoms with Crippen LogP contribution in [0.2, 0.25) is 0 Å². The molecule has 0 spiro atoms. The third-order valence-corrected chi connectivity index (χ3v) is 3.69. The Morgan fingerprint density at radius 2 is 2.22 bits per heavy atom. The third-order valence-electron chi connectivity index (χ3n) is 3.69. The molecule has 98 valence electrons. The Morgan fingerprint density at radius 3 is 3.00 bits per heavy atom. The molecule has 3 heteroatoms. The van der Waals surface area contributed by atoms with E-state index >= 15 is 0 Å². The van der Waals surface area contributed by atoms with Crippen LogP contribution in [0.4, 0.5) is 0 Å². The lowest BCUT2D eigenvalue weighted by molar-refractivity contribution is -0.121. The van der Waals surface area contributed by atoms with Crippen molar-refractivity contribution in [3.8, 4) is 0 Å². The normalized spacial score (nSPS) is 19.3. The van der Waals surface area contributed by atoms with Gasteiger partial charge in [-0.25, -0.2) is 0 Å². The minimum Gasteiger partial charge on any atom is -0.348 e. The second-order valence-electron chi connectivity index (χ2n) is 5.05. The standard InChI is InChI=1S/C15H22N2O/c1-3-11(2)16-10-15(18)17-14-9-8-12-6-4-5-7-13(12)14/h4-7,11,14,16H,3,8-10H2,1-2H3,(H,17,18). The van der Waals surface area contributed by atoms with Gasteiger partial charge in [-0.2, -0.15) is 0 Å². The molecule has 3 nitrogen and oxygen atoms in total. The first-order chi connectivity index (χ1) is 8.70. The van der Waals surface area contributed by atoms with Gasteiger partial charge in [-0.05, 0) is 37.3 Å². The van der Waals surface area contributed by atoms with Crippen LogP contribution < -0.4 is 10.6 Å². The lowest BCUT2D eigenvalue weighted by Crippen LogP contribution is -2.38. The van der Waals surface area contributed by atoms with Crippen molar-refractivity contribution in [2.24, 2.45) is 0 Å². The minimum atomic E-state index is 0.0944. The molecule has 1 aromatic rings. The zero-order valence-electron chi connectivity index (χ0n) is 11.2. The van der Waals surface area contributed by atoms with Crippen molar-refractivity contribution < 1.29 is 4.79 Å². The summed E-state index contributed by atoms with van der Waals surface area (Å²) in [5, 5.41) is 6.33. The fraction of sp³-hybridized carbons (Fsp3) is 0.533. The van der Waals surface area contributed by atoms with Crippen LogP contribution in [0.3, 0.4) is 0 Å². The van der Waals surface area contributed by atoms with Crippen LogP contribution in [0.5, 0.6) is 0 Å². The van der Waals surface area contributed by atoms with Crippen molar-refractivity contribution in [3.63, 3.8) is 0 Å². The molecular formula is C15H22N2O. The van der Waals surface area contributed by atoms with E-state index in [-0.39, 0.29) is 11.9 Å². The number of fused-ring (bicyclic) bond motifs is 1. The fourth-order valence-electron chi connectivity index (χ4n) is 2.36. The molecule has 18 heavy (non-hydrogen) atoms. The lowest BCUT2D eigenvalue weighted by atomic mass is 10.1. The molecule has 0 heterocycles. The summed E-state index contributed by atoms with van der Waals surface area (Å²) < 4.78 is 0. The Hall–Kier alpha value is -1.35. The predicted molar refractivity (Wildman–Crippen MR) is 73.4 cm³/mol. The summed E-state index contributed by atoms with van der Waals surface area (Å²) in [4.78, 5) is 11.9. The Bertz CT molecular complexity index is 417. The van der Waals surface area contributed by atoms with Gasteiger partial charge in [0.1, 0.15) is 0 Å². The van der Waals surface area contributed by atoms with Crippen LogP contribution in [-0.2, 0) is 11.2 Å². The first-order valence-corrected chi connectivity index (χ1v) is 6.81. The van der Waals surface area contributed by atoms with Crippen molar-refractivity contribution in [1.82, 2.24) is 10.6 Å². The molecule has 2 N–H and O–H groups in total. The smallest absolute Gasteiger partial charge is 0.234 e. The van der Waals surface area contributed by atoms with Crippen molar-refractivity contribution >= 4 is 5.91 Å². The maximum absolute atomic E-state index is 11.9. The number of carbonyl (C=O) groups excluding carboxylic acids is 1. The average molecular weight is 246 g/mol. The number of hydrogen-bond acceptors (Lipinski definition) is 2. The Kier molecular flexibility index (Phi) is 4.37. The van der Waals surface area contributed by atoms with Gasteiger partial charge < -0.3 is 10.6 Å². The van der Waals surface area contributed by atoms with Gasteiger partial charge in [0.2, 0.25) is 5.91 Å². The van der Waals surface area contributed by atoms with E-state index in [1.54, 1.807) is 0 Å². The molecule has 0 bridgehead atoms. The van der Waals surface area contributed by atoms with E-state index < -0.39 is 0 Å². The van der Waals surface area contributed by atoms with Crippen molar-refractivity contribution in [3.05, 3.63) is 35.4 Å². The van der Waals surface area contributed by atoms with E-state index in [1.165, 1.54) is 11.1 Å². The number of nitrogens with one attached hydrogen (secondary N) is 2. The van der Waals surface area contributed by atoms with Crippen LogP contribution in [0, 0.1) is 0 Å². The van der Waals surface area contributed by atoms with Gasteiger partial charge in [-0.15, -0.1) is 0 Å². The van der Waals surface area contributed by atoms with Crippen molar-refractivity contribution in [2.45, 2.75) is 45.2 Å². The quantitative estimate of drug-likeness (QED) is 0.836. The molecule has 0 aliphatic heterocycles. The van der Waals surface area contributed by atoms with Crippen LogP contribution in [0.25, 0.3) is 0 Å². The summed E-state index contributed by atoms with van der Waals surface area (Å²) in [7, 11) is 0. The highest BCUT2D eigenvalue weighted by Gasteiger charge is 2.23. The minimum absolute atomic E-state index is 0.0944. The van der Waals surface area contributed by atoms with Gasteiger partial charge in [0, 0.05) is 6.04 Å². The topological polar surface area (TPSA) is 41.1 Å². The van der Waals surface area contributed by atoms with Crippen molar-refractivity contribution in [1.29, 1.82) is 0 Å². The number of aryl methyl sites for hydroxylation is 1. The van der Waals surface area contributed by atoms with E-state index in [0.29, 0.717) is 12.6 Å². The summed E-state index contributed by atoms with van der Waals surface area (Å²) in [5.74, 6) is 0.0944. The van der Waals surface area contributed by atoms with Crippen LogP contribution in [-0.4, -0.2) is 18.5 Å². The second kappa shape index (κ2) is 6.01. The molecule has 2 rings (SSSR count). The molecule has 2 unspecified atom stereocenters. The monoisotopic (exact) mass is 246 g/mol. The molecule has 1 amide bonds. The second-order valence-corrected chi connectivity index (χ2v) is 5.05. The molecule has 0 radical (unpaired) electrons. The van der Waals surface area contributed by atoms with Gasteiger partial charge >= 0.3 is 0 Å².